The molecule has 0 radical (unpaired) electrons. The molecule has 1 saturated heterocycles. The highest BCUT2D eigenvalue weighted by molar-refractivity contribution is 5.87. The molecule has 6 nitrogen and oxygen atoms in total. The van der Waals surface area contributed by atoms with Gasteiger partial charge >= 0.3 is 11.9 Å². The number of carboxylic acids is 1. The average molecular weight is 397 g/mol. The quantitative estimate of drug-likeness (QED) is 0.589. The van der Waals surface area contributed by atoms with Gasteiger partial charge in [0.15, 0.2) is 0 Å². The maximum atomic E-state index is 12.8. The molecule has 154 valence electrons. The fourth-order valence-corrected chi connectivity index (χ4v) is 4.13. The van der Waals surface area contributed by atoms with Gasteiger partial charge in [0.1, 0.15) is 11.5 Å². The van der Waals surface area contributed by atoms with Gasteiger partial charge in [0.05, 0.1) is 22.6 Å². The van der Waals surface area contributed by atoms with Crippen LogP contribution in [0.5, 0.6) is 11.5 Å². The molecular weight excluding hydrogens is 370 g/mol. The van der Waals surface area contributed by atoms with Gasteiger partial charge in [-0.3, -0.25) is 4.79 Å². The molecule has 0 atom stereocenters. The van der Waals surface area contributed by atoms with Crippen LogP contribution in [0.15, 0.2) is 54.6 Å². The van der Waals surface area contributed by atoms with Crippen molar-refractivity contribution in [3.8, 4) is 11.5 Å². The number of carbonyl (C=O) groups excluding carboxylic acids is 1. The number of rotatable bonds is 5. The van der Waals surface area contributed by atoms with Crippen molar-refractivity contribution in [1.82, 2.24) is 5.06 Å². The van der Waals surface area contributed by atoms with E-state index in [2.05, 4.69) is 27.7 Å². The molecule has 0 aliphatic carbocycles. The number of ether oxygens (including phenoxy) is 1. The zero-order valence-corrected chi connectivity index (χ0v) is 17.2. The number of benzene rings is 2. The fourth-order valence-electron chi connectivity index (χ4n) is 4.13. The van der Waals surface area contributed by atoms with Crippen LogP contribution in [0.4, 0.5) is 0 Å². The first-order valence-electron chi connectivity index (χ1n) is 9.67. The molecule has 6 heteroatoms. The van der Waals surface area contributed by atoms with Crippen LogP contribution >= 0.6 is 0 Å². The molecule has 1 heterocycles. The number of carboxylic acid groups (broad SMARTS) is 1. The second kappa shape index (κ2) is 7.87. The minimum atomic E-state index is -1.02. The molecule has 1 aliphatic heterocycles. The van der Waals surface area contributed by atoms with E-state index >= 15 is 0 Å². The zero-order valence-electron chi connectivity index (χ0n) is 17.2. The number of carbonyl (C=O) groups is 2. The van der Waals surface area contributed by atoms with E-state index in [0.29, 0.717) is 18.6 Å². The Bertz CT molecular complexity index is 856. The lowest BCUT2D eigenvalue weighted by molar-refractivity contribution is -0.228. The minimum Gasteiger partial charge on any atom is -0.478 e. The van der Waals surface area contributed by atoms with Crippen molar-refractivity contribution in [2.45, 2.75) is 51.6 Å². The van der Waals surface area contributed by atoms with Crippen LogP contribution in [0.3, 0.4) is 0 Å². The summed E-state index contributed by atoms with van der Waals surface area (Å²) in [6.07, 6.45) is 1.16. The standard InChI is InChI=1S/C23H27NO5/c1-22(2)14-17(21(27)28-18-12-10-16(11-13-18)20(25)26)15-23(3,4)24(22)29-19-8-6-5-7-9-19/h5-13,17H,14-15H2,1-4H3,(H,25,26). The molecular formula is C23H27NO5. The Hall–Kier alpha value is -2.86. The molecule has 0 amide bonds. The number of hydrogen-bond donors (Lipinski definition) is 1. The van der Waals surface area contributed by atoms with Gasteiger partial charge in [0.2, 0.25) is 0 Å². The first kappa shape index (κ1) is 20.9. The lowest BCUT2D eigenvalue weighted by atomic mass is 9.75. The molecule has 0 bridgehead atoms. The third-order valence-corrected chi connectivity index (χ3v) is 5.18. The lowest BCUT2D eigenvalue weighted by Crippen LogP contribution is -2.63. The summed E-state index contributed by atoms with van der Waals surface area (Å²) in [4.78, 5) is 30.0. The summed E-state index contributed by atoms with van der Waals surface area (Å²) in [7, 11) is 0. The molecule has 0 aromatic heterocycles. The summed E-state index contributed by atoms with van der Waals surface area (Å²) >= 11 is 0. The Morgan fingerprint density at radius 3 is 1.97 bits per heavy atom. The van der Waals surface area contributed by atoms with Gasteiger partial charge in [-0.05, 0) is 76.9 Å². The predicted octanol–water partition coefficient (Wildman–Crippen LogP) is 4.55. The maximum absolute atomic E-state index is 12.8. The molecule has 1 aliphatic rings. The van der Waals surface area contributed by atoms with Gasteiger partial charge < -0.3 is 14.7 Å². The molecule has 2 aromatic rings. The average Bonchev–Trinajstić information content (AvgIpc) is 2.65. The Kier molecular flexibility index (Phi) is 5.66. The van der Waals surface area contributed by atoms with Crippen molar-refractivity contribution >= 4 is 11.9 Å². The van der Waals surface area contributed by atoms with E-state index in [1.807, 2.05) is 35.4 Å². The molecule has 1 fully saturated rings. The Morgan fingerprint density at radius 1 is 0.897 bits per heavy atom. The van der Waals surface area contributed by atoms with Crippen LogP contribution in [-0.2, 0) is 4.79 Å². The predicted molar refractivity (Wildman–Crippen MR) is 109 cm³/mol. The molecule has 0 spiro atoms. The highest BCUT2D eigenvalue weighted by atomic mass is 16.7. The van der Waals surface area contributed by atoms with Crippen molar-refractivity contribution in [3.63, 3.8) is 0 Å². The van der Waals surface area contributed by atoms with E-state index in [-0.39, 0.29) is 17.5 Å². The monoisotopic (exact) mass is 397 g/mol. The van der Waals surface area contributed by atoms with E-state index in [1.165, 1.54) is 24.3 Å². The van der Waals surface area contributed by atoms with E-state index in [4.69, 9.17) is 14.7 Å². The molecule has 3 rings (SSSR count). The summed E-state index contributed by atoms with van der Waals surface area (Å²) < 4.78 is 5.54. The number of piperidine rings is 1. The number of hydroxylamine groups is 2. The maximum Gasteiger partial charge on any atom is 0.335 e. The van der Waals surface area contributed by atoms with E-state index < -0.39 is 17.0 Å². The minimum absolute atomic E-state index is 0.151. The summed E-state index contributed by atoms with van der Waals surface area (Å²) in [5.74, 6) is -0.521. The van der Waals surface area contributed by atoms with Gasteiger partial charge in [0.25, 0.3) is 0 Å². The fraction of sp³-hybridized carbons (Fsp3) is 0.391. The van der Waals surface area contributed by atoms with Crippen molar-refractivity contribution in [1.29, 1.82) is 0 Å². The number of esters is 1. The second-order valence-corrected chi connectivity index (χ2v) is 8.68. The summed E-state index contributed by atoms with van der Waals surface area (Å²) in [6, 6.07) is 15.5. The zero-order chi connectivity index (χ0) is 21.2. The Morgan fingerprint density at radius 2 is 1.45 bits per heavy atom. The highest BCUT2D eigenvalue weighted by Gasteiger charge is 2.49. The molecule has 2 aromatic carbocycles. The number of aromatic carboxylic acids is 1. The first-order valence-corrected chi connectivity index (χ1v) is 9.67. The van der Waals surface area contributed by atoms with Gasteiger partial charge in [0, 0.05) is 0 Å². The smallest absolute Gasteiger partial charge is 0.335 e. The van der Waals surface area contributed by atoms with Crippen LogP contribution in [-0.4, -0.2) is 33.2 Å². The second-order valence-electron chi connectivity index (χ2n) is 8.68. The SMILES string of the molecule is CC1(C)CC(C(=O)Oc2ccc(C(=O)O)cc2)CC(C)(C)N1Oc1ccccc1. The van der Waals surface area contributed by atoms with Crippen LogP contribution in [0, 0.1) is 5.92 Å². The third-order valence-electron chi connectivity index (χ3n) is 5.18. The normalized spacial score (nSPS) is 18.8. The van der Waals surface area contributed by atoms with E-state index in [0.717, 1.165) is 5.75 Å². The number of para-hydroxylation sites is 1. The van der Waals surface area contributed by atoms with Crippen molar-refractivity contribution in [2.24, 2.45) is 5.92 Å². The van der Waals surface area contributed by atoms with E-state index in [1.54, 1.807) is 0 Å². The van der Waals surface area contributed by atoms with Crippen LogP contribution < -0.4 is 9.57 Å². The van der Waals surface area contributed by atoms with Crippen LogP contribution in [0.25, 0.3) is 0 Å². The molecule has 0 unspecified atom stereocenters. The third kappa shape index (κ3) is 4.77. The van der Waals surface area contributed by atoms with Crippen molar-refractivity contribution < 1.29 is 24.3 Å². The van der Waals surface area contributed by atoms with Crippen LogP contribution in [0.2, 0.25) is 0 Å². The highest BCUT2D eigenvalue weighted by Crippen LogP contribution is 2.42. The number of nitrogens with zero attached hydrogens (tertiary/aromatic N) is 1. The topological polar surface area (TPSA) is 76.1 Å². The summed E-state index contributed by atoms with van der Waals surface area (Å²) in [5, 5.41) is 11.0. The van der Waals surface area contributed by atoms with Crippen molar-refractivity contribution in [3.05, 3.63) is 60.2 Å². The van der Waals surface area contributed by atoms with Gasteiger partial charge in [-0.2, -0.15) is 0 Å². The van der Waals surface area contributed by atoms with Gasteiger partial charge in [-0.15, -0.1) is 5.06 Å². The van der Waals surface area contributed by atoms with Crippen molar-refractivity contribution in [2.75, 3.05) is 0 Å². The van der Waals surface area contributed by atoms with E-state index in [9.17, 15) is 9.59 Å². The first-order chi connectivity index (χ1) is 13.6. The lowest BCUT2D eigenvalue weighted by Gasteiger charge is -2.52. The Balaban J connectivity index is 1.72. The van der Waals surface area contributed by atoms with Gasteiger partial charge in [-0.25, -0.2) is 4.79 Å². The molecule has 29 heavy (non-hydrogen) atoms. The largest absolute Gasteiger partial charge is 0.478 e. The summed E-state index contributed by atoms with van der Waals surface area (Å²) in [5.41, 5.74) is -0.637. The number of hydrogen-bond acceptors (Lipinski definition) is 5. The van der Waals surface area contributed by atoms with Crippen LogP contribution in [0.1, 0.15) is 50.9 Å². The molecule has 1 N–H and O–H groups in total. The molecule has 0 saturated carbocycles. The van der Waals surface area contributed by atoms with Gasteiger partial charge in [-0.1, -0.05) is 18.2 Å². The Labute approximate surface area is 171 Å². The summed E-state index contributed by atoms with van der Waals surface area (Å²) in [6.45, 7) is 8.22.